The number of alkyl halides is 3. The van der Waals surface area contributed by atoms with Gasteiger partial charge in [-0.3, -0.25) is 4.98 Å². The molecule has 0 amide bonds. The molecule has 0 saturated heterocycles. The van der Waals surface area contributed by atoms with Gasteiger partial charge in [0.1, 0.15) is 11.7 Å². The van der Waals surface area contributed by atoms with Crippen molar-refractivity contribution in [1.29, 1.82) is 0 Å². The fourth-order valence-corrected chi connectivity index (χ4v) is 3.70. The van der Waals surface area contributed by atoms with Crippen molar-refractivity contribution in [3.05, 3.63) is 54.5 Å². The molecule has 1 atom stereocenters. The number of hydrogen-bond acceptors (Lipinski definition) is 5. The predicted octanol–water partition coefficient (Wildman–Crippen LogP) is 3.31. The number of benzene rings is 1. The second-order valence-electron chi connectivity index (χ2n) is 6.58. The van der Waals surface area contributed by atoms with E-state index in [0.717, 1.165) is 12.1 Å². The summed E-state index contributed by atoms with van der Waals surface area (Å²) in [5, 5.41) is 18.6. The lowest BCUT2D eigenvalue weighted by Crippen LogP contribution is -2.25. The molecule has 0 spiro atoms. The highest BCUT2D eigenvalue weighted by molar-refractivity contribution is 7.89. The third kappa shape index (κ3) is 4.44. The Morgan fingerprint density at radius 2 is 1.71 bits per heavy atom. The Morgan fingerprint density at radius 3 is 2.16 bits per heavy atom. The van der Waals surface area contributed by atoms with Crippen LogP contribution < -0.4 is 5.14 Å². The maximum atomic E-state index is 14.2. The Labute approximate surface area is 175 Å². The van der Waals surface area contributed by atoms with Crippen LogP contribution in [0.25, 0.3) is 22.4 Å². The molecule has 0 radical (unpaired) electrons. The van der Waals surface area contributed by atoms with Crippen LogP contribution in [0.1, 0.15) is 25.1 Å². The lowest BCUT2D eigenvalue weighted by molar-refractivity contribution is -0.149. The van der Waals surface area contributed by atoms with Gasteiger partial charge < -0.3 is 5.11 Å². The highest BCUT2D eigenvalue weighted by atomic mass is 32.2. The quantitative estimate of drug-likeness (QED) is 0.588. The molecule has 3 N–H and O–H groups in total. The smallest absolute Gasteiger partial charge is 0.433 e. The van der Waals surface area contributed by atoms with Gasteiger partial charge in [0.05, 0.1) is 4.90 Å². The minimum Gasteiger partial charge on any atom is -0.480 e. The van der Waals surface area contributed by atoms with Gasteiger partial charge >= 0.3 is 12.1 Å². The lowest BCUT2D eigenvalue weighted by Gasteiger charge is -2.17. The molecule has 3 aromatic rings. The van der Waals surface area contributed by atoms with E-state index in [9.17, 15) is 31.5 Å². The van der Waals surface area contributed by atoms with E-state index < -0.39 is 33.9 Å². The Hall–Kier alpha value is -3.25. The van der Waals surface area contributed by atoms with E-state index in [-0.39, 0.29) is 33.7 Å². The topological polar surface area (TPSA) is 128 Å². The van der Waals surface area contributed by atoms with Crippen molar-refractivity contribution in [2.75, 3.05) is 0 Å². The van der Waals surface area contributed by atoms with Gasteiger partial charge in [-0.1, -0.05) is 19.1 Å². The zero-order chi connectivity index (χ0) is 23.0. The lowest BCUT2D eigenvalue weighted by atomic mass is 9.99. The fraction of sp³-hybridized carbons (Fsp3) is 0.211. The number of aliphatic carboxylic acids is 1. The van der Waals surface area contributed by atoms with Gasteiger partial charge in [-0.25, -0.2) is 23.0 Å². The zero-order valence-corrected chi connectivity index (χ0v) is 16.9. The van der Waals surface area contributed by atoms with Gasteiger partial charge in [0.2, 0.25) is 10.0 Å². The summed E-state index contributed by atoms with van der Waals surface area (Å²) in [6.45, 7) is 1.44. The van der Waals surface area contributed by atoms with Crippen LogP contribution >= 0.6 is 0 Å². The minimum atomic E-state index is -4.95. The minimum absolute atomic E-state index is 0.00182. The van der Waals surface area contributed by atoms with E-state index in [4.69, 9.17) is 5.14 Å². The van der Waals surface area contributed by atoms with Gasteiger partial charge in [0, 0.05) is 23.5 Å². The van der Waals surface area contributed by atoms with Crippen molar-refractivity contribution >= 4 is 16.0 Å². The highest BCUT2D eigenvalue weighted by Crippen LogP contribution is 2.44. The summed E-state index contributed by atoms with van der Waals surface area (Å²) in [5.41, 5.74) is -1.46. The van der Waals surface area contributed by atoms with E-state index in [0.29, 0.717) is 4.68 Å². The van der Waals surface area contributed by atoms with Gasteiger partial charge in [-0.2, -0.15) is 18.3 Å². The van der Waals surface area contributed by atoms with Gasteiger partial charge in [0.15, 0.2) is 5.69 Å². The van der Waals surface area contributed by atoms with Gasteiger partial charge in [-0.05, 0) is 36.2 Å². The molecule has 0 aliphatic carbocycles. The number of rotatable bonds is 6. The van der Waals surface area contributed by atoms with Crippen molar-refractivity contribution in [2.45, 2.75) is 30.5 Å². The number of carboxylic acid groups (broad SMARTS) is 1. The van der Waals surface area contributed by atoms with Gasteiger partial charge in [-0.15, -0.1) is 0 Å². The predicted molar refractivity (Wildman–Crippen MR) is 104 cm³/mol. The molecular formula is C19H17F3N4O4S. The molecule has 3 rings (SSSR count). The van der Waals surface area contributed by atoms with Crippen molar-refractivity contribution < 1.29 is 31.5 Å². The first-order valence-corrected chi connectivity index (χ1v) is 10.5. The molecule has 0 fully saturated rings. The zero-order valence-electron chi connectivity index (χ0n) is 16.0. The number of aromatic nitrogens is 3. The highest BCUT2D eigenvalue weighted by Gasteiger charge is 2.43. The average molecular weight is 454 g/mol. The molecule has 0 aliphatic rings. The Kier molecular flexibility index (Phi) is 5.87. The van der Waals surface area contributed by atoms with E-state index >= 15 is 0 Å². The maximum Gasteiger partial charge on any atom is 0.433 e. The molecule has 2 heterocycles. The molecule has 1 unspecified atom stereocenters. The first-order chi connectivity index (χ1) is 14.4. The number of carbonyl (C=O) groups is 1. The summed E-state index contributed by atoms with van der Waals surface area (Å²) in [4.78, 5) is 15.2. The number of halogens is 3. The third-order valence-corrected chi connectivity index (χ3v) is 5.50. The Balaban J connectivity index is 2.39. The standard InChI is InChI=1S/C19H17F3N4O4S/c1-2-14(18(27)28)26-17(19(20,21)22)15(16(25-26)12-7-9-24-10-8-12)11-3-5-13(6-4-11)31(23,29)30/h3-10,14H,2H2,1H3,(H,27,28)(H2,23,29,30). The van der Waals surface area contributed by atoms with Crippen LogP contribution in [0.15, 0.2) is 53.7 Å². The third-order valence-electron chi connectivity index (χ3n) is 4.57. The van der Waals surface area contributed by atoms with Crippen LogP contribution in [0.5, 0.6) is 0 Å². The van der Waals surface area contributed by atoms with E-state index in [1.807, 2.05) is 0 Å². The van der Waals surface area contributed by atoms with Crippen molar-refractivity contribution in [3.8, 4) is 22.4 Å². The SMILES string of the molecule is CCC(C(=O)O)n1nc(-c2ccncc2)c(-c2ccc(S(N)(=O)=O)cc2)c1C(F)(F)F. The van der Waals surface area contributed by atoms with Crippen LogP contribution in [0, 0.1) is 0 Å². The maximum absolute atomic E-state index is 14.2. The molecule has 2 aromatic heterocycles. The van der Waals surface area contributed by atoms with Crippen LogP contribution in [-0.2, 0) is 21.0 Å². The summed E-state index contributed by atoms with van der Waals surface area (Å²) in [6.07, 6.45) is -2.36. The van der Waals surface area contributed by atoms with Crippen LogP contribution in [-0.4, -0.2) is 34.3 Å². The fourth-order valence-electron chi connectivity index (χ4n) is 3.18. The monoisotopic (exact) mass is 454 g/mol. The van der Waals surface area contributed by atoms with Gasteiger partial charge in [0.25, 0.3) is 0 Å². The molecular weight excluding hydrogens is 437 g/mol. The van der Waals surface area contributed by atoms with Crippen molar-refractivity contribution in [3.63, 3.8) is 0 Å². The Bertz CT molecular complexity index is 1210. The molecule has 0 saturated carbocycles. The summed E-state index contributed by atoms with van der Waals surface area (Å²) in [7, 11) is -4.06. The number of nitrogens with zero attached hydrogens (tertiary/aromatic N) is 3. The normalized spacial score (nSPS) is 13.2. The Morgan fingerprint density at radius 1 is 1.13 bits per heavy atom. The first-order valence-electron chi connectivity index (χ1n) is 8.91. The van der Waals surface area contributed by atoms with Crippen molar-refractivity contribution in [1.82, 2.24) is 14.8 Å². The van der Waals surface area contributed by atoms with E-state index in [1.54, 1.807) is 0 Å². The second kappa shape index (κ2) is 8.12. The molecule has 0 aliphatic heterocycles. The largest absolute Gasteiger partial charge is 0.480 e. The molecule has 8 nitrogen and oxygen atoms in total. The second-order valence-corrected chi connectivity index (χ2v) is 8.14. The van der Waals surface area contributed by atoms with Crippen LogP contribution in [0.2, 0.25) is 0 Å². The van der Waals surface area contributed by atoms with Crippen LogP contribution in [0.3, 0.4) is 0 Å². The van der Waals surface area contributed by atoms with E-state index in [1.165, 1.54) is 43.6 Å². The van der Waals surface area contributed by atoms with E-state index in [2.05, 4.69) is 10.1 Å². The number of primary sulfonamides is 1. The van der Waals surface area contributed by atoms with Crippen molar-refractivity contribution in [2.24, 2.45) is 5.14 Å². The first kappa shape index (κ1) is 22.4. The summed E-state index contributed by atoms with van der Waals surface area (Å²) in [5.74, 6) is -1.46. The molecule has 0 bridgehead atoms. The number of pyridine rings is 1. The number of hydrogen-bond donors (Lipinski definition) is 2. The summed E-state index contributed by atoms with van der Waals surface area (Å²) < 4.78 is 66.0. The molecule has 12 heteroatoms. The number of carboxylic acids is 1. The molecule has 31 heavy (non-hydrogen) atoms. The number of nitrogens with two attached hydrogens (primary N) is 1. The average Bonchev–Trinajstić information content (AvgIpc) is 3.09. The summed E-state index contributed by atoms with van der Waals surface area (Å²) in [6, 6.07) is 5.81. The van der Waals surface area contributed by atoms with Crippen LogP contribution in [0.4, 0.5) is 13.2 Å². The number of sulfonamides is 1. The molecule has 1 aromatic carbocycles. The molecule has 164 valence electrons. The summed E-state index contributed by atoms with van der Waals surface area (Å²) >= 11 is 0.